The van der Waals surface area contributed by atoms with Crippen molar-refractivity contribution in [2.24, 2.45) is 0 Å². The Hall–Kier alpha value is -2.65. The predicted octanol–water partition coefficient (Wildman–Crippen LogP) is 3.79. The normalized spacial score (nSPS) is 24.0. The number of nitrogens with zero attached hydrogens (tertiary/aromatic N) is 4. The molecule has 10 heteroatoms. The van der Waals surface area contributed by atoms with E-state index >= 15 is 0 Å². The van der Waals surface area contributed by atoms with E-state index in [1.807, 2.05) is 23.6 Å². The second-order valence-corrected chi connectivity index (χ2v) is 10.1. The third-order valence-electron chi connectivity index (χ3n) is 7.30. The van der Waals surface area contributed by atoms with E-state index in [0.717, 1.165) is 43.4 Å². The first-order valence-corrected chi connectivity index (χ1v) is 11.7. The number of carbonyl (C=O) groups is 2. The SMILES string of the molecule is C[C@H]1CN2CCC[C@H]2CN1C(=O)N1Cc2c(NC(=O)c3ccc(F)c(Cl)c3)n[nH]c2C1(C)C. The molecule has 1 aromatic carbocycles. The molecule has 1 aromatic heterocycles. The van der Waals surface area contributed by atoms with Crippen LogP contribution >= 0.6 is 11.6 Å². The van der Waals surface area contributed by atoms with Crippen LogP contribution in [0.4, 0.5) is 15.0 Å². The van der Waals surface area contributed by atoms with E-state index < -0.39 is 17.3 Å². The van der Waals surface area contributed by atoms with Crippen LogP contribution in [0.1, 0.15) is 55.2 Å². The Labute approximate surface area is 197 Å². The van der Waals surface area contributed by atoms with Gasteiger partial charge in [-0.15, -0.1) is 0 Å². The number of hydrogen-bond donors (Lipinski definition) is 2. The van der Waals surface area contributed by atoms with Gasteiger partial charge in [-0.1, -0.05) is 11.6 Å². The van der Waals surface area contributed by atoms with Gasteiger partial charge in [0, 0.05) is 36.3 Å². The molecule has 0 aliphatic carbocycles. The molecule has 3 aliphatic heterocycles. The summed E-state index contributed by atoms with van der Waals surface area (Å²) in [5, 5.41) is 9.96. The van der Waals surface area contributed by atoms with Gasteiger partial charge in [0.15, 0.2) is 5.82 Å². The number of aromatic nitrogens is 2. The summed E-state index contributed by atoms with van der Waals surface area (Å²) in [6, 6.07) is 4.39. The molecule has 3 aliphatic rings. The number of aromatic amines is 1. The minimum atomic E-state index is -0.603. The van der Waals surface area contributed by atoms with Gasteiger partial charge in [-0.2, -0.15) is 5.10 Å². The fourth-order valence-corrected chi connectivity index (χ4v) is 5.53. The average Bonchev–Trinajstić information content (AvgIpc) is 3.45. The van der Waals surface area contributed by atoms with Crippen LogP contribution in [0.25, 0.3) is 0 Å². The first-order chi connectivity index (χ1) is 15.7. The van der Waals surface area contributed by atoms with E-state index in [2.05, 4.69) is 27.3 Å². The van der Waals surface area contributed by atoms with Crippen molar-refractivity contribution in [3.8, 4) is 0 Å². The van der Waals surface area contributed by atoms with Gasteiger partial charge in [0.25, 0.3) is 5.91 Å². The summed E-state index contributed by atoms with van der Waals surface area (Å²) in [5.74, 6) is -0.662. The van der Waals surface area contributed by atoms with Crippen molar-refractivity contribution < 1.29 is 14.0 Å². The fourth-order valence-electron chi connectivity index (χ4n) is 5.35. The van der Waals surface area contributed by atoms with Gasteiger partial charge < -0.3 is 15.1 Å². The maximum Gasteiger partial charge on any atom is 0.321 e. The lowest BCUT2D eigenvalue weighted by Gasteiger charge is -2.45. The number of carbonyl (C=O) groups excluding carboxylic acids is 2. The summed E-state index contributed by atoms with van der Waals surface area (Å²) in [4.78, 5) is 32.7. The molecule has 0 radical (unpaired) electrons. The van der Waals surface area contributed by atoms with Gasteiger partial charge in [0.05, 0.1) is 22.8 Å². The summed E-state index contributed by atoms with van der Waals surface area (Å²) >= 11 is 5.82. The Kier molecular flexibility index (Phi) is 5.36. The number of nitrogens with one attached hydrogen (secondary N) is 2. The van der Waals surface area contributed by atoms with Crippen molar-refractivity contribution in [1.29, 1.82) is 0 Å². The second-order valence-electron chi connectivity index (χ2n) is 9.73. The van der Waals surface area contributed by atoms with Crippen LogP contribution in [0.15, 0.2) is 18.2 Å². The van der Waals surface area contributed by atoms with Gasteiger partial charge >= 0.3 is 6.03 Å². The van der Waals surface area contributed by atoms with Crippen molar-refractivity contribution in [1.82, 2.24) is 24.9 Å². The lowest BCUT2D eigenvalue weighted by molar-refractivity contribution is 0.0454. The summed E-state index contributed by atoms with van der Waals surface area (Å²) in [7, 11) is 0. The molecule has 0 bridgehead atoms. The lowest BCUT2D eigenvalue weighted by Crippen LogP contribution is -2.60. The quantitative estimate of drug-likeness (QED) is 0.693. The number of fused-ring (bicyclic) bond motifs is 2. The van der Waals surface area contributed by atoms with E-state index in [9.17, 15) is 14.0 Å². The minimum Gasteiger partial charge on any atom is -0.319 e. The summed E-state index contributed by atoms with van der Waals surface area (Å²) in [5.41, 5.74) is 1.21. The highest BCUT2D eigenvalue weighted by atomic mass is 35.5. The highest BCUT2D eigenvalue weighted by Crippen LogP contribution is 2.42. The number of amides is 3. The van der Waals surface area contributed by atoms with Crippen molar-refractivity contribution >= 4 is 29.4 Å². The number of anilines is 1. The number of urea groups is 1. The van der Waals surface area contributed by atoms with Gasteiger partial charge in [0.2, 0.25) is 0 Å². The number of piperazine rings is 1. The van der Waals surface area contributed by atoms with E-state index in [-0.39, 0.29) is 22.7 Å². The van der Waals surface area contributed by atoms with Crippen LogP contribution in [0, 0.1) is 5.82 Å². The molecule has 0 spiro atoms. The predicted molar refractivity (Wildman–Crippen MR) is 123 cm³/mol. The molecule has 5 rings (SSSR count). The largest absolute Gasteiger partial charge is 0.321 e. The van der Waals surface area contributed by atoms with Gasteiger partial charge in [-0.05, 0) is 58.4 Å². The number of H-pyrrole nitrogens is 1. The molecule has 8 nitrogen and oxygen atoms in total. The fraction of sp³-hybridized carbons (Fsp3) is 0.522. The minimum absolute atomic E-state index is 0.00578. The number of hydrogen-bond acceptors (Lipinski definition) is 4. The Balaban J connectivity index is 1.35. The highest BCUT2D eigenvalue weighted by molar-refractivity contribution is 6.31. The third kappa shape index (κ3) is 3.67. The number of rotatable bonds is 2. The lowest BCUT2D eigenvalue weighted by atomic mass is 10.0. The topological polar surface area (TPSA) is 84.6 Å². The molecular formula is C23H28ClFN6O2. The summed E-state index contributed by atoms with van der Waals surface area (Å²) in [6.07, 6.45) is 2.32. The van der Waals surface area contributed by atoms with Gasteiger partial charge in [0.1, 0.15) is 5.82 Å². The van der Waals surface area contributed by atoms with Crippen LogP contribution in [-0.4, -0.2) is 68.6 Å². The van der Waals surface area contributed by atoms with Crippen LogP contribution in [-0.2, 0) is 12.1 Å². The zero-order chi connectivity index (χ0) is 23.5. The molecule has 2 fully saturated rings. The molecule has 4 heterocycles. The van der Waals surface area contributed by atoms with Crippen molar-refractivity contribution in [3.63, 3.8) is 0 Å². The van der Waals surface area contributed by atoms with E-state index in [0.29, 0.717) is 18.4 Å². The Morgan fingerprint density at radius 1 is 1.30 bits per heavy atom. The zero-order valence-corrected chi connectivity index (χ0v) is 19.7. The molecule has 0 unspecified atom stereocenters. The first kappa shape index (κ1) is 22.2. The van der Waals surface area contributed by atoms with E-state index in [1.165, 1.54) is 18.6 Å². The van der Waals surface area contributed by atoms with Crippen molar-refractivity contribution in [2.45, 2.75) is 57.8 Å². The summed E-state index contributed by atoms with van der Waals surface area (Å²) in [6.45, 7) is 9.18. The van der Waals surface area contributed by atoms with Crippen LogP contribution in [0.5, 0.6) is 0 Å². The smallest absolute Gasteiger partial charge is 0.319 e. The second kappa shape index (κ2) is 7.99. The van der Waals surface area contributed by atoms with Crippen LogP contribution in [0.3, 0.4) is 0 Å². The molecule has 2 saturated heterocycles. The molecule has 2 atom stereocenters. The van der Waals surface area contributed by atoms with Crippen molar-refractivity contribution in [2.75, 3.05) is 25.0 Å². The zero-order valence-electron chi connectivity index (χ0n) is 19.0. The highest BCUT2D eigenvalue weighted by Gasteiger charge is 2.47. The Morgan fingerprint density at radius 3 is 2.85 bits per heavy atom. The molecular weight excluding hydrogens is 447 g/mol. The maximum atomic E-state index is 13.7. The van der Waals surface area contributed by atoms with Crippen molar-refractivity contribution in [3.05, 3.63) is 45.9 Å². The number of halogens is 2. The van der Waals surface area contributed by atoms with Gasteiger partial charge in [-0.25, -0.2) is 9.18 Å². The van der Waals surface area contributed by atoms with E-state index in [1.54, 1.807) is 0 Å². The van der Waals surface area contributed by atoms with Gasteiger partial charge in [-0.3, -0.25) is 14.8 Å². The first-order valence-electron chi connectivity index (χ1n) is 11.3. The molecule has 33 heavy (non-hydrogen) atoms. The summed E-state index contributed by atoms with van der Waals surface area (Å²) < 4.78 is 13.5. The maximum absolute atomic E-state index is 13.7. The van der Waals surface area contributed by atoms with E-state index in [4.69, 9.17) is 11.6 Å². The standard InChI is InChI=1S/C23H28ClFN6O2/c1-13-10-29-8-4-5-15(29)11-30(13)22(33)31-12-16-19(23(31,2)3)27-28-20(16)26-21(32)14-6-7-18(25)17(24)9-14/h6-7,9,13,15H,4-5,8,10-12H2,1-3H3,(H2,26,27,28,32)/t13-,15-/m0/s1. The van der Waals surface area contributed by atoms with Crippen LogP contribution < -0.4 is 5.32 Å². The van der Waals surface area contributed by atoms with Crippen LogP contribution in [0.2, 0.25) is 5.02 Å². The average molecular weight is 475 g/mol. The molecule has 0 saturated carbocycles. The molecule has 3 amide bonds. The third-order valence-corrected chi connectivity index (χ3v) is 7.59. The Morgan fingerprint density at radius 2 is 2.09 bits per heavy atom. The monoisotopic (exact) mass is 474 g/mol. The number of benzene rings is 1. The molecule has 2 N–H and O–H groups in total. The molecule has 176 valence electrons. The Bertz CT molecular complexity index is 1120. The molecule has 2 aromatic rings.